The Morgan fingerprint density at radius 1 is 1.30 bits per heavy atom. The van der Waals surface area contributed by atoms with Gasteiger partial charge in [-0.1, -0.05) is 30.3 Å². The molecule has 1 atom stereocenters. The lowest BCUT2D eigenvalue weighted by atomic mass is 10.0. The third-order valence-electron chi connectivity index (χ3n) is 4.02. The number of fused-ring (bicyclic) bond motifs is 1. The number of nitrogens with one attached hydrogen (secondary N) is 2. The molecule has 2 aromatic carbocycles. The smallest absolute Gasteiger partial charge is 0.244 e. The minimum absolute atomic E-state index is 0.0985. The van der Waals surface area contributed by atoms with Crippen LogP contribution in [0, 0.1) is 5.82 Å². The van der Waals surface area contributed by atoms with E-state index in [-0.39, 0.29) is 17.8 Å². The fourth-order valence-electron chi connectivity index (χ4n) is 2.71. The molecule has 2 aromatic rings. The number of amides is 1. The second-order valence-corrected chi connectivity index (χ2v) is 5.68. The van der Waals surface area contributed by atoms with Gasteiger partial charge in [-0.2, -0.15) is 0 Å². The first kappa shape index (κ1) is 15.3. The first-order valence-electron chi connectivity index (χ1n) is 7.73. The largest absolute Gasteiger partial charge is 0.384 e. The number of carbonyl (C=O) groups is 1. The average molecular weight is 310 g/mol. The fourth-order valence-corrected chi connectivity index (χ4v) is 2.71. The number of hydrogen-bond acceptors (Lipinski definition) is 2. The molecule has 1 aliphatic heterocycles. The van der Waals surface area contributed by atoms with Crippen LogP contribution in [0.5, 0.6) is 0 Å². The van der Waals surface area contributed by atoms with E-state index in [2.05, 4.69) is 22.8 Å². The van der Waals surface area contributed by atoms with Crippen LogP contribution in [0.4, 0.5) is 10.1 Å². The lowest BCUT2D eigenvalue weighted by molar-refractivity contribution is -0.117. The molecule has 2 N–H and O–H groups in total. The molecule has 0 spiro atoms. The van der Waals surface area contributed by atoms with Gasteiger partial charge in [0.05, 0.1) is 6.04 Å². The lowest BCUT2D eigenvalue weighted by Crippen LogP contribution is -2.24. The van der Waals surface area contributed by atoms with Crippen molar-refractivity contribution in [3.05, 3.63) is 71.0 Å². The third kappa shape index (κ3) is 3.59. The van der Waals surface area contributed by atoms with E-state index < -0.39 is 0 Å². The predicted molar refractivity (Wildman–Crippen MR) is 90.6 cm³/mol. The van der Waals surface area contributed by atoms with Crippen LogP contribution in [0.1, 0.15) is 29.7 Å². The van der Waals surface area contributed by atoms with Gasteiger partial charge in [0.1, 0.15) is 5.82 Å². The third-order valence-corrected chi connectivity index (χ3v) is 4.02. The molecule has 0 unspecified atom stereocenters. The van der Waals surface area contributed by atoms with E-state index in [1.165, 1.54) is 29.5 Å². The summed E-state index contributed by atoms with van der Waals surface area (Å²) in [6, 6.07) is 12.5. The van der Waals surface area contributed by atoms with Crippen molar-refractivity contribution in [3.8, 4) is 0 Å². The second kappa shape index (κ2) is 6.65. The van der Waals surface area contributed by atoms with Gasteiger partial charge in [0, 0.05) is 23.9 Å². The average Bonchev–Trinajstić information content (AvgIpc) is 3.01. The molecule has 0 saturated heterocycles. The van der Waals surface area contributed by atoms with Gasteiger partial charge < -0.3 is 10.6 Å². The van der Waals surface area contributed by atoms with Crippen molar-refractivity contribution >= 4 is 17.7 Å². The highest BCUT2D eigenvalue weighted by Gasteiger charge is 2.13. The van der Waals surface area contributed by atoms with E-state index in [0.717, 1.165) is 18.5 Å². The molecule has 118 valence electrons. The summed E-state index contributed by atoms with van der Waals surface area (Å²) in [6.07, 6.45) is 3.87. The van der Waals surface area contributed by atoms with Gasteiger partial charge in [-0.3, -0.25) is 4.79 Å². The predicted octanol–water partition coefficient (Wildman–Crippen LogP) is 3.68. The number of anilines is 1. The topological polar surface area (TPSA) is 41.1 Å². The van der Waals surface area contributed by atoms with Gasteiger partial charge in [-0.15, -0.1) is 0 Å². The zero-order valence-corrected chi connectivity index (χ0v) is 13.0. The highest BCUT2D eigenvalue weighted by atomic mass is 19.1. The van der Waals surface area contributed by atoms with E-state index in [0.29, 0.717) is 5.56 Å². The Hall–Kier alpha value is -2.62. The van der Waals surface area contributed by atoms with Crippen LogP contribution in [-0.2, 0) is 11.2 Å². The number of rotatable bonds is 4. The van der Waals surface area contributed by atoms with Crippen molar-refractivity contribution in [3.63, 3.8) is 0 Å². The highest BCUT2D eigenvalue weighted by Crippen LogP contribution is 2.25. The summed E-state index contributed by atoms with van der Waals surface area (Å²) in [5.74, 6) is -0.574. The number of hydrogen-bond donors (Lipinski definition) is 2. The fraction of sp³-hybridized carbons (Fsp3) is 0.211. The van der Waals surface area contributed by atoms with E-state index in [9.17, 15) is 9.18 Å². The van der Waals surface area contributed by atoms with Crippen LogP contribution in [0.15, 0.2) is 48.5 Å². The maximum Gasteiger partial charge on any atom is 0.244 e. The Kier molecular flexibility index (Phi) is 4.42. The summed E-state index contributed by atoms with van der Waals surface area (Å²) in [6.45, 7) is 2.91. The molecule has 3 rings (SSSR count). The van der Waals surface area contributed by atoms with E-state index in [1.807, 2.05) is 13.0 Å². The summed E-state index contributed by atoms with van der Waals surface area (Å²) in [7, 11) is 0. The van der Waals surface area contributed by atoms with Crippen molar-refractivity contribution in [2.45, 2.75) is 19.4 Å². The van der Waals surface area contributed by atoms with Crippen LogP contribution in [0.3, 0.4) is 0 Å². The second-order valence-electron chi connectivity index (χ2n) is 5.68. The molecule has 0 bridgehead atoms. The monoisotopic (exact) mass is 310 g/mol. The minimum atomic E-state index is -0.337. The van der Waals surface area contributed by atoms with E-state index in [4.69, 9.17) is 0 Å². The van der Waals surface area contributed by atoms with Crippen molar-refractivity contribution < 1.29 is 9.18 Å². The summed E-state index contributed by atoms with van der Waals surface area (Å²) in [4.78, 5) is 12.0. The molecule has 0 aliphatic carbocycles. The van der Waals surface area contributed by atoms with Gasteiger partial charge in [0.25, 0.3) is 0 Å². The van der Waals surface area contributed by atoms with Crippen molar-refractivity contribution in [1.29, 1.82) is 0 Å². The zero-order valence-electron chi connectivity index (χ0n) is 13.0. The molecule has 4 heteroatoms. The molecule has 1 amide bonds. The highest BCUT2D eigenvalue weighted by molar-refractivity contribution is 5.92. The Morgan fingerprint density at radius 3 is 2.96 bits per heavy atom. The summed E-state index contributed by atoms with van der Waals surface area (Å²) in [5, 5.41) is 6.23. The Morgan fingerprint density at radius 2 is 2.13 bits per heavy atom. The van der Waals surface area contributed by atoms with Crippen molar-refractivity contribution in [1.82, 2.24) is 5.32 Å². The quantitative estimate of drug-likeness (QED) is 0.846. The summed E-state index contributed by atoms with van der Waals surface area (Å²) < 4.78 is 13.5. The molecular weight excluding hydrogens is 291 g/mol. The van der Waals surface area contributed by atoms with Crippen LogP contribution in [-0.4, -0.2) is 12.5 Å². The number of carbonyl (C=O) groups excluding carboxylic acids is 1. The first-order valence-corrected chi connectivity index (χ1v) is 7.73. The van der Waals surface area contributed by atoms with Crippen LogP contribution < -0.4 is 10.6 Å². The van der Waals surface area contributed by atoms with Crippen molar-refractivity contribution in [2.75, 3.05) is 11.9 Å². The molecule has 0 fully saturated rings. The van der Waals surface area contributed by atoms with Crippen LogP contribution in [0.25, 0.3) is 6.08 Å². The van der Waals surface area contributed by atoms with Gasteiger partial charge in [-0.25, -0.2) is 4.39 Å². The summed E-state index contributed by atoms with van der Waals surface area (Å²) in [5.41, 5.74) is 3.93. The normalized spacial score (nSPS) is 14.3. The Bertz CT molecular complexity index is 755. The van der Waals surface area contributed by atoms with Gasteiger partial charge in [0.15, 0.2) is 0 Å². The van der Waals surface area contributed by atoms with Gasteiger partial charge >= 0.3 is 0 Å². The van der Waals surface area contributed by atoms with E-state index in [1.54, 1.807) is 18.2 Å². The van der Waals surface area contributed by atoms with E-state index >= 15 is 0 Å². The van der Waals surface area contributed by atoms with Crippen LogP contribution in [0.2, 0.25) is 0 Å². The first-order chi connectivity index (χ1) is 11.1. The zero-order chi connectivity index (χ0) is 16.2. The molecule has 0 radical (unpaired) electrons. The Labute approximate surface area is 135 Å². The maximum absolute atomic E-state index is 13.5. The van der Waals surface area contributed by atoms with Gasteiger partial charge in [-0.05, 0) is 42.7 Å². The minimum Gasteiger partial charge on any atom is -0.384 e. The Balaban J connectivity index is 1.64. The molecule has 3 nitrogen and oxygen atoms in total. The molecule has 1 aliphatic rings. The SMILES string of the molecule is C[C@H](NC(=O)/C=C/c1ccccc1F)c1ccc2c(c1)CCN2. The van der Waals surface area contributed by atoms with Crippen molar-refractivity contribution in [2.24, 2.45) is 0 Å². The maximum atomic E-state index is 13.5. The lowest BCUT2D eigenvalue weighted by Gasteiger charge is -2.14. The van der Waals surface area contributed by atoms with Crippen LogP contribution >= 0.6 is 0 Å². The standard InChI is InChI=1S/C19H19FN2O/c1-13(15-6-8-18-16(12-15)10-11-21-18)22-19(23)9-7-14-4-2-3-5-17(14)20/h2-9,12-13,21H,10-11H2,1H3,(H,22,23)/b9-7+/t13-/m0/s1. The molecule has 0 aromatic heterocycles. The molecule has 0 saturated carbocycles. The number of halogens is 1. The number of benzene rings is 2. The molecule has 23 heavy (non-hydrogen) atoms. The molecule has 1 heterocycles. The van der Waals surface area contributed by atoms with Gasteiger partial charge in [0.2, 0.25) is 5.91 Å². The summed E-state index contributed by atoms with van der Waals surface area (Å²) >= 11 is 0. The molecular formula is C19H19FN2O.